The van der Waals surface area contributed by atoms with Crippen LogP contribution in [0.1, 0.15) is 24.0 Å². The van der Waals surface area contributed by atoms with Gasteiger partial charge in [0.05, 0.1) is 6.61 Å². The lowest BCUT2D eigenvalue weighted by molar-refractivity contribution is 0.00993. The lowest BCUT2D eigenvalue weighted by atomic mass is 10.1. The summed E-state index contributed by atoms with van der Waals surface area (Å²) in [6.45, 7) is 5.33. The summed E-state index contributed by atoms with van der Waals surface area (Å²) >= 11 is 3.54. The van der Waals surface area contributed by atoms with Gasteiger partial charge in [-0.25, -0.2) is 0 Å². The van der Waals surface area contributed by atoms with E-state index in [1.54, 1.807) is 0 Å². The van der Waals surface area contributed by atoms with Gasteiger partial charge in [-0.1, -0.05) is 15.9 Å². The standard InChI is InChI=1S/C13H17BrO2/c1-9-5-12(6-10(2)13(9)14)16-8-15-7-11-3-4-11/h5-6,11H,3-4,7-8H2,1-2H3. The van der Waals surface area contributed by atoms with Crippen LogP contribution in [0.2, 0.25) is 0 Å². The van der Waals surface area contributed by atoms with Gasteiger partial charge in [0.25, 0.3) is 0 Å². The molecule has 0 aromatic heterocycles. The third kappa shape index (κ3) is 3.22. The maximum absolute atomic E-state index is 5.56. The average Bonchev–Trinajstić information content (AvgIpc) is 3.04. The Morgan fingerprint density at radius 2 is 1.88 bits per heavy atom. The van der Waals surface area contributed by atoms with Crippen molar-refractivity contribution in [1.82, 2.24) is 0 Å². The van der Waals surface area contributed by atoms with Crippen molar-refractivity contribution in [3.8, 4) is 5.75 Å². The Bertz CT molecular complexity index is 349. The lowest BCUT2D eigenvalue weighted by Crippen LogP contribution is -2.05. The summed E-state index contributed by atoms with van der Waals surface area (Å²) in [5.41, 5.74) is 2.38. The molecule has 0 N–H and O–H groups in total. The van der Waals surface area contributed by atoms with E-state index in [2.05, 4.69) is 29.8 Å². The summed E-state index contributed by atoms with van der Waals surface area (Å²) < 4.78 is 12.1. The average molecular weight is 285 g/mol. The third-order valence-electron chi connectivity index (χ3n) is 2.77. The Morgan fingerprint density at radius 3 is 2.44 bits per heavy atom. The first-order chi connectivity index (χ1) is 7.66. The van der Waals surface area contributed by atoms with Crippen LogP contribution in [0, 0.1) is 19.8 Å². The van der Waals surface area contributed by atoms with Gasteiger partial charge in [0.2, 0.25) is 0 Å². The third-order valence-corrected chi connectivity index (χ3v) is 4.02. The zero-order chi connectivity index (χ0) is 11.5. The molecule has 0 spiro atoms. The van der Waals surface area contributed by atoms with E-state index in [4.69, 9.17) is 9.47 Å². The van der Waals surface area contributed by atoms with Crippen molar-refractivity contribution in [2.45, 2.75) is 26.7 Å². The molecule has 88 valence electrons. The molecule has 1 aromatic carbocycles. The first-order valence-electron chi connectivity index (χ1n) is 5.64. The second-order valence-corrected chi connectivity index (χ2v) is 5.24. The molecule has 1 aliphatic carbocycles. The van der Waals surface area contributed by atoms with E-state index in [0.29, 0.717) is 6.79 Å². The van der Waals surface area contributed by atoms with E-state index >= 15 is 0 Å². The summed E-state index contributed by atoms with van der Waals surface area (Å²) in [5.74, 6) is 1.67. The van der Waals surface area contributed by atoms with Crippen LogP contribution >= 0.6 is 15.9 Å². The molecule has 1 saturated carbocycles. The molecule has 0 unspecified atom stereocenters. The monoisotopic (exact) mass is 284 g/mol. The minimum absolute atomic E-state index is 0.358. The van der Waals surface area contributed by atoms with Crippen LogP contribution in [-0.4, -0.2) is 13.4 Å². The van der Waals surface area contributed by atoms with Gasteiger partial charge in [0.15, 0.2) is 6.79 Å². The van der Waals surface area contributed by atoms with Gasteiger partial charge >= 0.3 is 0 Å². The van der Waals surface area contributed by atoms with Crippen molar-refractivity contribution < 1.29 is 9.47 Å². The molecule has 0 heterocycles. The number of aryl methyl sites for hydroxylation is 2. The van der Waals surface area contributed by atoms with Crippen molar-refractivity contribution in [3.05, 3.63) is 27.7 Å². The van der Waals surface area contributed by atoms with Gasteiger partial charge in [-0.15, -0.1) is 0 Å². The minimum atomic E-state index is 0.358. The molecule has 1 fully saturated rings. The van der Waals surface area contributed by atoms with Crippen LogP contribution in [0.4, 0.5) is 0 Å². The second kappa shape index (κ2) is 5.19. The first-order valence-corrected chi connectivity index (χ1v) is 6.43. The van der Waals surface area contributed by atoms with E-state index in [9.17, 15) is 0 Å². The number of benzene rings is 1. The Labute approximate surface area is 105 Å². The summed E-state index contributed by atoms with van der Waals surface area (Å²) in [6, 6.07) is 4.05. The van der Waals surface area contributed by atoms with Gasteiger partial charge in [0.1, 0.15) is 5.75 Å². The summed E-state index contributed by atoms with van der Waals surface area (Å²) in [5, 5.41) is 0. The molecule has 3 heteroatoms. The van der Waals surface area contributed by atoms with Crippen molar-refractivity contribution in [2.24, 2.45) is 5.92 Å². The molecule has 0 radical (unpaired) electrons. The van der Waals surface area contributed by atoms with Crippen molar-refractivity contribution in [1.29, 1.82) is 0 Å². The number of halogens is 1. The molecule has 0 amide bonds. The number of hydrogen-bond acceptors (Lipinski definition) is 2. The highest BCUT2D eigenvalue weighted by molar-refractivity contribution is 9.10. The largest absolute Gasteiger partial charge is 0.468 e. The van der Waals surface area contributed by atoms with Crippen molar-refractivity contribution in [2.75, 3.05) is 13.4 Å². The fraction of sp³-hybridized carbons (Fsp3) is 0.538. The van der Waals surface area contributed by atoms with Crippen LogP contribution in [0.3, 0.4) is 0 Å². The van der Waals surface area contributed by atoms with Gasteiger partial charge in [-0.3, -0.25) is 0 Å². The number of rotatable bonds is 5. The molecule has 1 aliphatic rings. The van der Waals surface area contributed by atoms with E-state index < -0.39 is 0 Å². The summed E-state index contributed by atoms with van der Waals surface area (Å²) in [6.07, 6.45) is 2.63. The summed E-state index contributed by atoms with van der Waals surface area (Å²) in [4.78, 5) is 0. The van der Waals surface area contributed by atoms with Crippen LogP contribution in [-0.2, 0) is 4.74 Å². The van der Waals surface area contributed by atoms with Crippen molar-refractivity contribution >= 4 is 15.9 Å². The highest BCUT2D eigenvalue weighted by Crippen LogP contribution is 2.29. The maximum atomic E-state index is 5.56. The predicted octanol–water partition coefficient (Wildman–Crippen LogP) is 3.83. The fourth-order valence-electron chi connectivity index (χ4n) is 1.60. The molecule has 0 saturated heterocycles. The second-order valence-electron chi connectivity index (χ2n) is 4.45. The highest BCUT2D eigenvalue weighted by Gasteiger charge is 2.21. The molecule has 0 atom stereocenters. The predicted molar refractivity (Wildman–Crippen MR) is 67.8 cm³/mol. The lowest BCUT2D eigenvalue weighted by Gasteiger charge is -2.10. The van der Waals surface area contributed by atoms with Crippen LogP contribution < -0.4 is 4.74 Å². The SMILES string of the molecule is Cc1cc(OCOCC2CC2)cc(C)c1Br. The molecular formula is C13H17BrO2. The molecule has 2 rings (SSSR count). The van der Waals surface area contributed by atoms with E-state index in [1.165, 1.54) is 24.0 Å². The highest BCUT2D eigenvalue weighted by atomic mass is 79.9. The van der Waals surface area contributed by atoms with Gasteiger partial charge < -0.3 is 9.47 Å². The van der Waals surface area contributed by atoms with Crippen LogP contribution in [0.5, 0.6) is 5.75 Å². The van der Waals surface area contributed by atoms with Gasteiger partial charge in [-0.05, 0) is 55.9 Å². The maximum Gasteiger partial charge on any atom is 0.189 e. The van der Waals surface area contributed by atoms with Gasteiger partial charge in [-0.2, -0.15) is 0 Å². The zero-order valence-electron chi connectivity index (χ0n) is 9.75. The molecular weight excluding hydrogens is 268 g/mol. The minimum Gasteiger partial charge on any atom is -0.468 e. The zero-order valence-corrected chi connectivity index (χ0v) is 11.3. The van der Waals surface area contributed by atoms with Crippen LogP contribution in [0.25, 0.3) is 0 Å². The normalized spacial score (nSPS) is 15.2. The fourth-order valence-corrected chi connectivity index (χ4v) is 1.83. The van der Waals surface area contributed by atoms with E-state index in [0.717, 1.165) is 22.7 Å². The number of hydrogen-bond donors (Lipinski definition) is 0. The van der Waals surface area contributed by atoms with Gasteiger partial charge in [0, 0.05) is 4.47 Å². The van der Waals surface area contributed by atoms with Crippen molar-refractivity contribution in [3.63, 3.8) is 0 Å². The molecule has 2 nitrogen and oxygen atoms in total. The van der Waals surface area contributed by atoms with E-state index in [1.807, 2.05) is 12.1 Å². The molecule has 16 heavy (non-hydrogen) atoms. The topological polar surface area (TPSA) is 18.5 Å². The quantitative estimate of drug-likeness (QED) is 0.604. The Hall–Kier alpha value is -0.540. The number of ether oxygens (including phenoxy) is 2. The van der Waals surface area contributed by atoms with E-state index in [-0.39, 0.29) is 0 Å². The molecule has 0 aliphatic heterocycles. The Balaban J connectivity index is 1.83. The smallest absolute Gasteiger partial charge is 0.189 e. The first kappa shape index (κ1) is 11.9. The summed E-state index contributed by atoms with van der Waals surface area (Å²) in [7, 11) is 0. The van der Waals surface area contributed by atoms with Crippen LogP contribution in [0.15, 0.2) is 16.6 Å². The molecule has 1 aromatic rings. The Morgan fingerprint density at radius 1 is 1.25 bits per heavy atom. The molecule has 0 bridgehead atoms. The Kier molecular flexibility index (Phi) is 3.87.